The molecule has 1 rings (SSSR count). The molecular weight excluding hydrogens is 166 g/mol. The molecule has 0 aliphatic heterocycles. The molecule has 13 heavy (non-hydrogen) atoms. The Morgan fingerprint density at radius 1 is 1.62 bits per heavy atom. The van der Waals surface area contributed by atoms with Crippen LogP contribution in [-0.2, 0) is 0 Å². The van der Waals surface area contributed by atoms with Gasteiger partial charge < -0.3 is 5.11 Å². The predicted octanol–water partition coefficient (Wildman–Crippen LogP) is 2.25. The Hall–Kier alpha value is -0.700. The molecule has 74 valence electrons. The standard InChI is InChI=1S/C10H17NO2/c1-9(2,12)8-4-6-10(3,11-13)7-5-8/h4,6,8,12H,5,7H2,1-3H3/t8-,10-/m0/s1. The van der Waals surface area contributed by atoms with Crippen LogP contribution in [0.15, 0.2) is 17.3 Å². The molecule has 1 aliphatic carbocycles. The SMILES string of the molecule is CC(C)(O)[C@H]1C=C[C@](C)(N=O)CC1. The summed E-state index contributed by atoms with van der Waals surface area (Å²) in [6.07, 6.45) is 5.26. The topological polar surface area (TPSA) is 49.7 Å². The molecule has 1 aliphatic rings. The highest BCUT2D eigenvalue weighted by Gasteiger charge is 2.33. The molecule has 0 saturated heterocycles. The number of hydrogen-bond acceptors (Lipinski definition) is 3. The quantitative estimate of drug-likeness (QED) is 0.527. The van der Waals surface area contributed by atoms with Crippen molar-refractivity contribution in [3.8, 4) is 0 Å². The summed E-state index contributed by atoms with van der Waals surface area (Å²) in [6, 6.07) is 0. The fourth-order valence-corrected chi connectivity index (χ4v) is 1.62. The van der Waals surface area contributed by atoms with Crippen molar-refractivity contribution < 1.29 is 5.11 Å². The minimum atomic E-state index is -0.694. The van der Waals surface area contributed by atoms with Crippen LogP contribution < -0.4 is 0 Å². The number of hydrogen-bond donors (Lipinski definition) is 1. The Morgan fingerprint density at radius 3 is 2.54 bits per heavy atom. The average Bonchev–Trinajstić information content (AvgIpc) is 2.04. The number of rotatable bonds is 2. The minimum absolute atomic E-state index is 0.141. The Labute approximate surface area is 78.8 Å². The maximum Gasteiger partial charge on any atom is 0.118 e. The summed E-state index contributed by atoms with van der Waals surface area (Å²) >= 11 is 0. The lowest BCUT2D eigenvalue weighted by Crippen LogP contribution is -2.34. The summed E-state index contributed by atoms with van der Waals surface area (Å²) in [4.78, 5) is 10.5. The van der Waals surface area contributed by atoms with E-state index in [1.807, 2.05) is 19.1 Å². The third-order valence-electron chi connectivity index (χ3n) is 2.77. The van der Waals surface area contributed by atoms with Crippen LogP contribution in [0.3, 0.4) is 0 Å². The highest BCUT2D eigenvalue weighted by Crippen LogP contribution is 2.33. The summed E-state index contributed by atoms with van der Waals surface area (Å²) in [5.41, 5.74) is -1.25. The fraction of sp³-hybridized carbons (Fsp3) is 0.800. The van der Waals surface area contributed by atoms with E-state index in [0.29, 0.717) is 0 Å². The van der Waals surface area contributed by atoms with E-state index in [4.69, 9.17) is 0 Å². The molecule has 0 aromatic heterocycles. The molecule has 0 heterocycles. The molecule has 3 nitrogen and oxygen atoms in total. The molecule has 0 aromatic carbocycles. The van der Waals surface area contributed by atoms with Gasteiger partial charge in [0, 0.05) is 5.92 Å². The molecule has 0 aromatic rings. The molecule has 0 radical (unpaired) electrons. The third-order valence-corrected chi connectivity index (χ3v) is 2.77. The molecule has 0 fully saturated rings. The smallest absolute Gasteiger partial charge is 0.118 e. The van der Waals surface area contributed by atoms with Crippen LogP contribution >= 0.6 is 0 Å². The molecule has 0 amide bonds. The molecule has 0 spiro atoms. The van der Waals surface area contributed by atoms with Crippen molar-refractivity contribution in [2.75, 3.05) is 0 Å². The molecule has 0 saturated carbocycles. The van der Waals surface area contributed by atoms with Gasteiger partial charge in [0.2, 0.25) is 0 Å². The first-order chi connectivity index (χ1) is 5.87. The number of aliphatic hydroxyl groups is 1. The average molecular weight is 183 g/mol. The van der Waals surface area contributed by atoms with Gasteiger partial charge in [0.05, 0.1) is 5.60 Å². The van der Waals surface area contributed by atoms with E-state index in [-0.39, 0.29) is 5.92 Å². The number of nitrogens with zero attached hydrogens (tertiary/aromatic N) is 1. The van der Waals surface area contributed by atoms with E-state index >= 15 is 0 Å². The van der Waals surface area contributed by atoms with Gasteiger partial charge in [-0.05, 0) is 33.6 Å². The van der Waals surface area contributed by atoms with Gasteiger partial charge in [0.25, 0.3) is 0 Å². The molecular formula is C10H17NO2. The normalized spacial score (nSPS) is 34.6. The van der Waals surface area contributed by atoms with E-state index in [1.54, 1.807) is 13.8 Å². The van der Waals surface area contributed by atoms with Crippen molar-refractivity contribution in [2.24, 2.45) is 11.1 Å². The maximum atomic E-state index is 10.5. The lowest BCUT2D eigenvalue weighted by atomic mass is 9.78. The fourth-order valence-electron chi connectivity index (χ4n) is 1.62. The van der Waals surface area contributed by atoms with Gasteiger partial charge in [0.15, 0.2) is 0 Å². The molecule has 0 unspecified atom stereocenters. The van der Waals surface area contributed by atoms with Crippen LogP contribution in [-0.4, -0.2) is 16.2 Å². The first-order valence-electron chi connectivity index (χ1n) is 4.64. The molecule has 2 atom stereocenters. The van der Waals surface area contributed by atoms with Crippen molar-refractivity contribution in [3.63, 3.8) is 0 Å². The van der Waals surface area contributed by atoms with Crippen molar-refractivity contribution in [3.05, 3.63) is 17.1 Å². The highest BCUT2D eigenvalue weighted by molar-refractivity contribution is 5.12. The first-order valence-corrected chi connectivity index (χ1v) is 4.64. The second-order valence-corrected chi connectivity index (χ2v) is 4.61. The Bertz CT molecular complexity index is 230. The van der Waals surface area contributed by atoms with Gasteiger partial charge in [-0.2, -0.15) is 0 Å². The number of nitroso groups, excluding NO2 is 1. The van der Waals surface area contributed by atoms with E-state index in [2.05, 4.69) is 5.18 Å². The van der Waals surface area contributed by atoms with Gasteiger partial charge in [0.1, 0.15) is 5.54 Å². The van der Waals surface area contributed by atoms with Crippen molar-refractivity contribution in [1.29, 1.82) is 0 Å². The maximum absolute atomic E-state index is 10.5. The largest absolute Gasteiger partial charge is 0.390 e. The van der Waals surface area contributed by atoms with Crippen LogP contribution in [0, 0.1) is 10.8 Å². The summed E-state index contributed by atoms with van der Waals surface area (Å²) in [7, 11) is 0. The van der Waals surface area contributed by atoms with E-state index in [0.717, 1.165) is 12.8 Å². The summed E-state index contributed by atoms with van der Waals surface area (Å²) < 4.78 is 0. The highest BCUT2D eigenvalue weighted by atomic mass is 16.3. The third kappa shape index (κ3) is 2.37. The summed E-state index contributed by atoms with van der Waals surface area (Å²) in [6.45, 7) is 5.40. The lowest BCUT2D eigenvalue weighted by Gasteiger charge is -2.33. The zero-order valence-electron chi connectivity index (χ0n) is 8.45. The minimum Gasteiger partial charge on any atom is -0.390 e. The van der Waals surface area contributed by atoms with Crippen LogP contribution in [0.25, 0.3) is 0 Å². The van der Waals surface area contributed by atoms with Crippen molar-refractivity contribution in [2.45, 2.75) is 44.8 Å². The second-order valence-electron chi connectivity index (χ2n) is 4.61. The van der Waals surface area contributed by atoms with Crippen LogP contribution in [0.2, 0.25) is 0 Å². The summed E-state index contributed by atoms with van der Waals surface area (Å²) in [5, 5.41) is 12.8. The van der Waals surface area contributed by atoms with Gasteiger partial charge in [-0.15, -0.1) is 4.91 Å². The Balaban J connectivity index is 2.73. The Morgan fingerprint density at radius 2 is 2.23 bits per heavy atom. The summed E-state index contributed by atoms with van der Waals surface area (Å²) in [5.74, 6) is 0.141. The molecule has 3 heteroatoms. The van der Waals surface area contributed by atoms with Crippen molar-refractivity contribution in [1.82, 2.24) is 0 Å². The van der Waals surface area contributed by atoms with Gasteiger partial charge in [-0.3, -0.25) is 0 Å². The monoisotopic (exact) mass is 183 g/mol. The Kier molecular flexibility index (Phi) is 2.57. The van der Waals surface area contributed by atoms with E-state index in [9.17, 15) is 10.0 Å². The zero-order valence-corrected chi connectivity index (χ0v) is 8.45. The van der Waals surface area contributed by atoms with Gasteiger partial charge in [-0.1, -0.05) is 17.3 Å². The van der Waals surface area contributed by atoms with Crippen molar-refractivity contribution >= 4 is 0 Å². The predicted molar refractivity (Wildman–Crippen MR) is 52.4 cm³/mol. The lowest BCUT2D eigenvalue weighted by molar-refractivity contribution is 0.0288. The first kappa shape index (κ1) is 10.4. The van der Waals surface area contributed by atoms with Crippen LogP contribution in [0.4, 0.5) is 0 Å². The molecule has 0 bridgehead atoms. The van der Waals surface area contributed by atoms with Crippen LogP contribution in [0.1, 0.15) is 33.6 Å². The van der Waals surface area contributed by atoms with Gasteiger partial charge in [-0.25, -0.2) is 0 Å². The molecule has 1 N–H and O–H groups in total. The van der Waals surface area contributed by atoms with E-state index in [1.165, 1.54) is 0 Å². The zero-order chi connectivity index (χ0) is 10.1. The van der Waals surface area contributed by atoms with Crippen LogP contribution in [0.5, 0.6) is 0 Å². The second kappa shape index (κ2) is 3.22. The van der Waals surface area contributed by atoms with Gasteiger partial charge >= 0.3 is 0 Å². The van der Waals surface area contributed by atoms with E-state index < -0.39 is 11.1 Å².